The number of hydrogen-bond donors (Lipinski definition) is 2. The standard InChI is InChI=1S/C7H9IN2O/c1-2-3-5(7(8)11)6(10)4-9/h2-4,9H,10H2,1H3/b3-2-,6-5-,9-4?. The van der Waals surface area contributed by atoms with E-state index >= 15 is 0 Å². The zero-order chi connectivity index (χ0) is 8.85. The van der Waals surface area contributed by atoms with E-state index in [4.69, 9.17) is 11.1 Å². The van der Waals surface area contributed by atoms with E-state index in [-0.39, 0.29) is 9.49 Å². The molecule has 0 aromatic rings. The van der Waals surface area contributed by atoms with Crippen molar-refractivity contribution in [3.8, 4) is 0 Å². The van der Waals surface area contributed by atoms with E-state index in [1.165, 1.54) is 0 Å². The maximum Gasteiger partial charge on any atom is 0.224 e. The third-order valence-corrected chi connectivity index (χ3v) is 1.59. The molecule has 60 valence electrons. The minimum Gasteiger partial charge on any atom is -0.397 e. The lowest BCUT2D eigenvalue weighted by molar-refractivity contribution is -0.106. The Balaban J connectivity index is 4.87. The lowest BCUT2D eigenvalue weighted by Crippen LogP contribution is -2.05. The summed E-state index contributed by atoms with van der Waals surface area (Å²) in [6, 6.07) is 0. The molecule has 0 atom stereocenters. The molecule has 0 bridgehead atoms. The highest BCUT2D eigenvalue weighted by Crippen LogP contribution is 2.06. The van der Waals surface area contributed by atoms with Crippen LogP contribution in [0.25, 0.3) is 0 Å². The molecule has 0 saturated heterocycles. The zero-order valence-corrected chi connectivity index (χ0v) is 8.25. The number of allylic oxidation sites excluding steroid dienone is 4. The summed E-state index contributed by atoms with van der Waals surface area (Å²) in [7, 11) is 0. The molecule has 0 unspecified atom stereocenters. The molecular formula is C7H9IN2O. The number of hydrogen-bond acceptors (Lipinski definition) is 3. The van der Waals surface area contributed by atoms with E-state index < -0.39 is 0 Å². The number of halogens is 1. The van der Waals surface area contributed by atoms with Gasteiger partial charge in [-0.05, 0) is 6.92 Å². The van der Waals surface area contributed by atoms with E-state index in [2.05, 4.69) is 0 Å². The first kappa shape index (κ1) is 10.3. The number of carbonyl (C=O) groups is 1. The van der Waals surface area contributed by atoms with Crippen molar-refractivity contribution in [2.24, 2.45) is 5.73 Å². The van der Waals surface area contributed by atoms with E-state index in [9.17, 15) is 4.79 Å². The molecule has 3 nitrogen and oxygen atoms in total. The van der Waals surface area contributed by atoms with Crippen molar-refractivity contribution in [3.05, 3.63) is 23.4 Å². The van der Waals surface area contributed by atoms with Crippen LogP contribution in [0.15, 0.2) is 23.4 Å². The molecule has 0 heterocycles. The van der Waals surface area contributed by atoms with Gasteiger partial charge in [0.15, 0.2) is 0 Å². The molecule has 0 amide bonds. The summed E-state index contributed by atoms with van der Waals surface area (Å²) >= 11 is 1.64. The number of rotatable bonds is 3. The van der Waals surface area contributed by atoms with Crippen LogP contribution in [-0.2, 0) is 4.79 Å². The fourth-order valence-electron chi connectivity index (χ4n) is 0.520. The number of nitrogens with two attached hydrogens (primary N) is 1. The Labute approximate surface area is 79.0 Å². The Morgan fingerprint density at radius 1 is 1.64 bits per heavy atom. The molecule has 11 heavy (non-hydrogen) atoms. The van der Waals surface area contributed by atoms with Crippen molar-refractivity contribution in [1.29, 1.82) is 5.41 Å². The molecule has 0 rings (SSSR count). The highest BCUT2D eigenvalue weighted by Gasteiger charge is 2.04. The third-order valence-electron chi connectivity index (χ3n) is 1.01. The average Bonchev–Trinajstić information content (AvgIpc) is 1.98. The second-order valence-corrected chi connectivity index (χ2v) is 2.77. The van der Waals surface area contributed by atoms with Crippen LogP contribution < -0.4 is 5.73 Å². The first-order valence-corrected chi connectivity index (χ1v) is 4.04. The van der Waals surface area contributed by atoms with Gasteiger partial charge >= 0.3 is 0 Å². The maximum atomic E-state index is 10.8. The van der Waals surface area contributed by atoms with Crippen molar-refractivity contribution >= 4 is 32.6 Å². The minimum atomic E-state index is -0.151. The number of carbonyl (C=O) groups excluding carboxylic acids is 1. The minimum absolute atomic E-state index is 0.151. The summed E-state index contributed by atoms with van der Waals surface area (Å²) in [4.78, 5) is 10.8. The summed E-state index contributed by atoms with van der Waals surface area (Å²) < 4.78 is -0.151. The fourth-order valence-corrected chi connectivity index (χ4v) is 1.01. The predicted molar refractivity (Wildman–Crippen MR) is 53.8 cm³/mol. The van der Waals surface area contributed by atoms with Crippen molar-refractivity contribution in [2.45, 2.75) is 6.92 Å². The molecule has 3 N–H and O–H groups in total. The van der Waals surface area contributed by atoms with Crippen LogP contribution in [0.5, 0.6) is 0 Å². The van der Waals surface area contributed by atoms with Crippen molar-refractivity contribution in [3.63, 3.8) is 0 Å². The first-order chi connectivity index (χ1) is 5.13. The molecule has 0 aromatic carbocycles. The monoisotopic (exact) mass is 264 g/mol. The quantitative estimate of drug-likeness (QED) is 0.266. The van der Waals surface area contributed by atoms with Gasteiger partial charge < -0.3 is 11.1 Å². The summed E-state index contributed by atoms with van der Waals surface area (Å²) in [6.45, 7) is 1.79. The van der Waals surface area contributed by atoms with Crippen LogP contribution in [0.4, 0.5) is 0 Å². The Morgan fingerprint density at radius 3 is 2.45 bits per heavy atom. The lowest BCUT2D eigenvalue weighted by Gasteiger charge is -1.96. The highest BCUT2D eigenvalue weighted by molar-refractivity contribution is 14.1. The molecule has 0 aliphatic carbocycles. The van der Waals surface area contributed by atoms with Crippen LogP contribution in [0.2, 0.25) is 0 Å². The summed E-state index contributed by atoms with van der Waals surface area (Å²) in [5.41, 5.74) is 5.94. The molecule has 0 aromatic heterocycles. The Kier molecular flexibility index (Phi) is 4.76. The van der Waals surface area contributed by atoms with Gasteiger partial charge in [0.1, 0.15) is 0 Å². The smallest absolute Gasteiger partial charge is 0.224 e. The third kappa shape index (κ3) is 3.31. The topological polar surface area (TPSA) is 66.9 Å². The molecule has 0 aliphatic rings. The second-order valence-electron chi connectivity index (χ2n) is 1.79. The molecule has 0 spiro atoms. The van der Waals surface area contributed by atoms with Gasteiger partial charge in [-0.2, -0.15) is 0 Å². The second kappa shape index (κ2) is 5.06. The predicted octanol–water partition coefficient (Wildman–Crippen LogP) is 1.39. The van der Waals surface area contributed by atoms with Crippen LogP contribution in [0.3, 0.4) is 0 Å². The van der Waals surface area contributed by atoms with Crippen LogP contribution in [0, 0.1) is 5.41 Å². The summed E-state index contributed by atoms with van der Waals surface area (Å²) in [5.74, 6) is 0. The van der Waals surface area contributed by atoms with Gasteiger partial charge in [-0.1, -0.05) is 12.2 Å². The molecule has 0 aliphatic heterocycles. The SMILES string of the molecule is C/C=C\C(C(=O)I)=C(\N)C=N. The van der Waals surface area contributed by atoms with Gasteiger partial charge in [0.2, 0.25) is 3.79 Å². The summed E-state index contributed by atoms with van der Waals surface area (Å²) in [6.07, 6.45) is 4.27. The Bertz CT molecular complexity index is 231. The van der Waals surface area contributed by atoms with E-state index in [0.717, 1.165) is 6.21 Å². The van der Waals surface area contributed by atoms with Gasteiger partial charge in [-0.15, -0.1) is 0 Å². The first-order valence-electron chi connectivity index (χ1n) is 2.96. The van der Waals surface area contributed by atoms with Crippen molar-refractivity contribution < 1.29 is 4.79 Å². The Hall–Kier alpha value is -0.650. The largest absolute Gasteiger partial charge is 0.397 e. The normalized spacial score (nSPS) is 12.9. The van der Waals surface area contributed by atoms with Crippen LogP contribution >= 0.6 is 22.6 Å². The molecule has 0 saturated carbocycles. The van der Waals surface area contributed by atoms with Gasteiger partial charge in [0.05, 0.1) is 11.3 Å². The van der Waals surface area contributed by atoms with Crippen molar-refractivity contribution in [1.82, 2.24) is 0 Å². The Morgan fingerprint density at radius 2 is 2.18 bits per heavy atom. The van der Waals surface area contributed by atoms with Crippen LogP contribution in [-0.4, -0.2) is 10.0 Å². The molecule has 4 heteroatoms. The molecule has 0 radical (unpaired) electrons. The van der Waals surface area contributed by atoms with Gasteiger partial charge in [0.25, 0.3) is 0 Å². The molecular weight excluding hydrogens is 255 g/mol. The molecule has 0 fully saturated rings. The highest BCUT2D eigenvalue weighted by atomic mass is 127. The fraction of sp³-hybridized carbons (Fsp3) is 0.143. The van der Waals surface area contributed by atoms with E-state index in [0.29, 0.717) is 5.57 Å². The van der Waals surface area contributed by atoms with E-state index in [1.807, 2.05) is 0 Å². The van der Waals surface area contributed by atoms with E-state index in [1.54, 1.807) is 41.7 Å². The summed E-state index contributed by atoms with van der Waals surface area (Å²) in [5, 5.41) is 6.81. The van der Waals surface area contributed by atoms with Crippen molar-refractivity contribution in [2.75, 3.05) is 0 Å². The average molecular weight is 264 g/mol. The van der Waals surface area contributed by atoms with Gasteiger partial charge in [-0.25, -0.2) is 0 Å². The zero-order valence-electron chi connectivity index (χ0n) is 6.10. The maximum absolute atomic E-state index is 10.8. The lowest BCUT2D eigenvalue weighted by atomic mass is 10.2. The number of nitrogens with one attached hydrogen (secondary N) is 1. The van der Waals surface area contributed by atoms with Gasteiger partial charge in [0, 0.05) is 28.8 Å². The van der Waals surface area contributed by atoms with Gasteiger partial charge in [-0.3, -0.25) is 4.79 Å². The van der Waals surface area contributed by atoms with Crippen LogP contribution in [0.1, 0.15) is 6.92 Å².